The van der Waals surface area contributed by atoms with Crippen LogP contribution in [0.5, 0.6) is 0 Å². The first kappa shape index (κ1) is 19.8. The average Bonchev–Trinajstić information content (AvgIpc) is 2.68. The Kier molecular flexibility index (Phi) is 5.54. The van der Waals surface area contributed by atoms with Crippen LogP contribution < -0.4 is 10.9 Å². The third-order valence-corrected chi connectivity index (χ3v) is 6.22. The number of rotatable bonds is 5. The molecule has 1 aromatic carbocycles. The Morgan fingerprint density at radius 3 is 2.86 bits per heavy atom. The van der Waals surface area contributed by atoms with Crippen LogP contribution in [-0.4, -0.2) is 35.0 Å². The van der Waals surface area contributed by atoms with Crippen molar-refractivity contribution in [2.75, 3.05) is 25.0 Å². The van der Waals surface area contributed by atoms with Crippen molar-refractivity contribution in [3.8, 4) is 0 Å². The third-order valence-electron chi connectivity index (χ3n) is 6.22. The van der Waals surface area contributed by atoms with E-state index < -0.39 is 5.82 Å². The lowest BCUT2D eigenvalue weighted by Gasteiger charge is -2.47. The van der Waals surface area contributed by atoms with Crippen LogP contribution in [0, 0.1) is 18.7 Å². The summed E-state index contributed by atoms with van der Waals surface area (Å²) >= 11 is 0. The number of likely N-dealkylation sites (tertiary alicyclic amines) is 1. The highest BCUT2D eigenvalue weighted by atomic mass is 19.1. The molecule has 1 saturated heterocycles. The summed E-state index contributed by atoms with van der Waals surface area (Å²) in [7, 11) is 0. The molecule has 0 aliphatic carbocycles. The van der Waals surface area contributed by atoms with Crippen LogP contribution in [0.25, 0.3) is 0 Å². The summed E-state index contributed by atoms with van der Waals surface area (Å²) in [5.41, 5.74) is 2.30. The fourth-order valence-corrected chi connectivity index (χ4v) is 5.06. The molecule has 29 heavy (non-hydrogen) atoms. The van der Waals surface area contributed by atoms with Crippen LogP contribution in [0.1, 0.15) is 49.4 Å². The number of nitrogens with zero attached hydrogens (tertiary/aromatic N) is 2. The van der Waals surface area contributed by atoms with Gasteiger partial charge in [-0.15, -0.1) is 0 Å². The van der Waals surface area contributed by atoms with Crippen molar-refractivity contribution >= 4 is 11.6 Å². The molecule has 0 radical (unpaired) electrons. The molecule has 0 spiro atoms. The van der Waals surface area contributed by atoms with E-state index in [-0.39, 0.29) is 35.7 Å². The number of piperidine rings is 1. The highest BCUT2D eigenvalue weighted by molar-refractivity contribution is 5.92. The molecule has 3 atom stereocenters. The monoisotopic (exact) mass is 397 g/mol. The number of halogens is 1. The summed E-state index contributed by atoms with van der Waals surface area (Å²) in [5.74, 6) is -0.0215. The molecule has 3 heterocycles. The van der Waals surface area contributed by atoms with Gasteiger partial charge in [-0.1, -0.05) is 25.5 Å². The maximum absolute atomic E-state index is 14.0. The topological polar surface area (TPSA) is 54.3 Å². The number of pyridine rings is 1. The highest BCUT2D eigenvalue weighted by Crippen LogP contribution is 2.42. The zero-order valence-electron chi connectivity index (χ0n) is 17.0. The second-order valence-electron chi connectivity index (χ2n) is 8.43. The van der Waals surface area contributed by atoms with Gasteiger partial charge in [-0.05, 0) is 49.4 Å². The maximum Gasteiger partial charge on any atom is 0.250 e. The van der Waals surface area contributed by atoms with Crippen LogP contribution in [0.4, 0.5) is 10.1 Å². The summed E-state index contributed by atoms with van der Waals surface area (Å²) in [4.78, 5) is 27.3. The highest BCUT2D eigenvalue weighted by Gasteiger charge is 2.40. The quantitative estimate of drug-likeness (QED) is 0.837. The number of carbonyl (C=O) groups is 1. The van der Waals surface area contributed by atoms with Crippen molar-refractivity contribution in [3.63, 3.8) is 0 Å². The average molecular weight is 397 g/mol. The van der Waals surface area contributed by atoms with Gasteiger partial charge in [0.25, 0.3) is 5.56 Å². The van der Waals surface area contributed by atoms with Gasteiger partial charge in [0, 0.05) is 36.8 Å². The lowest BCUT2D eigenvalue weighted by molar-refractivity contribution is -0.118. The van der Waals surface area contributed by atoms with Gasteiger partial charge in [-0.25, -0.2) is 4.39 Å². The van der Waals surface area contributed by atoms with Gasteiger partial charge in [-0.3, -0.25) is 14.5 Å². The van der Waals surface area contributed by atoms with E-state index in [1.165, 1.54) is 6.07 Å². The Morgan fingerprint density at radius 1 is 1.24 bits per heavy atom. The first-order valence-corrected chi connectivity index (χ1v) is 10.5. The molecule has 154 valence electrons. The molecule has 1 aromatic heterocycles. The van der Waals surface area contributed by atoms with Gasteiger partial charge in [0.05, 0.1) is 12.2 Å². The summed E-state index contributed by atoms with van der Waals surface area (Å²) in [6.45, 7) is 5.77. The second kappa shape index (κ2) is 8.11. The number of nitrogens with one attached hydrogen (secondary N) is 1. The van der Waals surface area contributed by atoms with E-state index in [9.17, 15) is 14.0 Å². The van der Waals surface area contributed by atoms with Crippen molar-refractivity contribution in [1.29, 1.82) is 0 Å². The van der Waals surface area contributed by atoms with E-state index in [1.807, 2.05) is 17.6 Å². The number of amides is 1. The standard InChI is InChI=1S/C23H28FN3O2/c1-3-5-20-16-11-17(21-6-4-7-23(29)27(20)21)13-26(12-16)14-22(28)25-19-10-15(2)8-9-18(19)24/h4,6-10,16-17,20H,3,5,11-14H2,1-2H3,(H,25,28)/t16-,17+,20-/m0/s1. The van der Waals surface area contributed by atoms with E-state index in [0.29, 0.717) is 5.92 Å². The molecule has 2 aromatic rings. The lowest BCUT2D eigenvalue weighted by atomic mass is 9.77. The van der Waals surface area contributed by atoms with E-state index in [0.717, 1.165) is 43.6 Å². The van der Waals surface area contributed by atoms with Crippen LogP contribution in [-0.2, 0) is 4.79 Å². The summed E-state index contributed by atoms with van der Waals surface area (Å²) in [6, 6.07) is 10.4. The fourth-order valence-electron chi connectivity index (χ4n) is 5.06. The molecule has 2 aliphatic heterocycles. The van der Waals surface area contributed by atoms with E-state index in [1.54, 1.807) is 18.2 Å². The molecule has 4 rings (SSSR count). The van der Waals surface area contributed by atoms with Gasteiger partial charge < -0.3 is 9.88 Å². The van der Waals surface area contributed by atoms with Crippen LogP contribution >= 0.6 is 0 Å². The van der Waals surface area contributed by atoms with E-state index >= 15 is 0 Å². The van der Waals surface area contributed by atoms with Crippen LogP contribution in [0.15, 0.2) is 41.2 Å². The van der Waals surface area contributed by atoms with Gasteiger partial charge in [0.2, 0.25) is 5.91 Å². The number of anilines is 1. The van der Waals surface area contributed by atoms with Gasteiger partial charge in [0.1, 0.15) is 5.82 Å². The first-order chi connectivity index (χ1) is 14.0. The number of aromatic nitrogens is 1. The molecule has 1 amide bonds. The lowest BCUT2D eigenvalue weighted by Crippen LogP contribution is -2.51. The van der Waals surface area contributed by atoms with Crippen LogP contribution in [0.3, 0.4) is 0 Å². The van der Waals surface area contributed by atoms with Crippen molar-refractivity contribution in [1.82, 2.24) is 9.47 Å². The maximum atomic E-state index is 14.0. The van der Waals surface area contributed by atoms with Crippen molar-refractivity contribution < 1.29 is 9.18 Å². The molecule has 2 bridgehead atoms. The molecular formula is C23H28FN3O2. The number of benzene rings is 1. The molecule has 2 aliphatic rings. The zero-order chi connectivity index (χ0) is 20.5. The first-order valence-electron chi connectivity index (χ1n) is 10.5. The van der Waals surface area contributed by atoms with Gasteiger partial charge in [0.15, 0.2) is 0 Å². The minimum atomic E-state index is -0.421. The summed E-state index contributed by atoms with van der Waals surface area (Å²) < 4.78 is 16.0. The van der Waals surface area contributed by atoms with Crippen molar-refractivity contribution in [2.24, 2.45) is 5.92 Å². The van der Waals surface area contributed by atoms with Gasteiger partial charge in [-0.2, -0.15) is 0 Å². The van der Waals surface area contributed by atoms with Gasteiger partial charge >= 0.3 is 0 Å². The van der Waals surface area contributed by atoms with E-state index in [2.05, 4.69) is 23.2 Å². The minimum absolute atomic E-state index is 0.0803. The normalized spacial score (nSPS) is 23.5. The summed E-state index contributed by atoms with van der Waals surface area (Å²) in [6.07, 6.45) is 3.03. The largest absolute Gasteiger partial charge is 0.322 e. The van der Waals surface area contributed by atoms with Crippen LogP contribution in [0.2, 0.25) is 0 Å². The molecule has 6 heteroatoms. The third kappa shape index (κ3) is 3.99. The Bertz CT molecular complexity index is 971. The van der Waals surface area contributed by atoms with E-state index in [4.69, 9.17) is 0 Å². The Balaban J connectivity index is 1.51. The Labute approximate surface area is 170 Å². The molecule has 0 saturated carbocycles. The number of aryl methyl sites for hydroxylation is 1. The van der Waals surface area contributed by atoms with Crippen molar-refractivity contribution in [3.05, 3.63) is 63.8 Å². The number of hydrogen-bond donors (Lipinski definition) is 1. The zero-order valence-corrected chi connectivity index (χ0v) is 17.0. The Morgan fingerprint density at radius 2 is 2.07 bits per heavy atom. The number of hydrogen-bond acceptors (Lipinski definition) is 3. The predicted molar refractivity (Wildman–Crippen MR) is 112 cm³/mol. The predicted octanol–water partition coefficient (Wildman–Crippen LogP) is 3.69. The smallest absolute Gasteiger partial charge is 0.250 e. The molecule has 1 fully saturated rings. The fraction of sp³-hybridized carbons (Fsp3) is 0.478. The minimum Gasteiger partial charge on any atom is -0.322 e. The molecule has 0 unspecified atom stereocenters. The SMILES string of the molecule is CCC[C@H]1[C@H]2C[C@H](CN(CC(=O)Nc3cc(C)ccc3F)C2)c2cccc(=O)n21. The Hall–Kier alpha value is -2.47. The second-order valence-corrected chi connectivity index (χ2v) is 8.43. The number of fused-ring (bicyclic) bond motifs is 4. The molecule has 5 nitrogen and oxygen atoms in total. The van der Waals surface area contributed by atoms with Crippen molar-refractivity contribution in [2.45, 2.75) is 45.1 Å². The number of carbonyl (C=O) groups excluding carboxylic acids is 1. The molecular weight excluding hydrogens is 369 g/mol. The summed E-state index contributed by atoms with van der Waals surface area (Å²) in [5, 5.41) is 2.72. The molecule has 1 N–H and O–H groups in total.